The van der Waals surface area contributed by atoms with Crippen LogP contribution in [0.15, 0.2) is 0 Å². The van der Waals surface area contributed by atoms with Gasteiger partial charge in [-0.15, -0.1) is 0 Å². The maximum Gasteiger partial charge on any atom is 0.251 e. The second-order valence-electron chi connectivity index (χ2n) is 5.43. The van der Waals surface area contributed by atoms with Gasteiger partial charge in [0.05, 0.1) is 0 Å². The molecule has 0 radical (unpaired) electrons. The lowest BCUT2D eigenvalue weighted by molar-refractivity contribution is -0.142. The molecule has 0 aromatic rings. The average molecular weight is 223 g/mol. The van der Waals surface area contributed by atoms with Crippen LogP contribution < -0.4 is 0 Å². The van der Waals surface area contributed by atoms with Crippen LogP contribution in [0.4, 0.5) is 0 Å². The van der Waals surface area contributed by atoms with Gasteiger partial charge in [0.2, 0.25) is 0 Å². The quantitative estimate of drug-likeness (QED) is 0.680. The van der Waals surface area contributed by atoms with E-state index in [1.165, 1.54) is 32.1 Å². The van der Waals surface area contributed by atoms with Crippen LogP contribution in [0.2, 0.25) is 0 Å². The maximum absolute atomic E-state index is 12.3. The predicted octanol–water partition coefficient (Wildman–Crippen LogP) is 1.96. The molecule has 3 atom stereocenters. The minimum atomic E-state index is -0.110. The van der Waals surface area contributed by atoms with Gasteiger partial charge in [-0.05, 0) is 38.0 Å². The number of rotatable bonds is 1. The second kappa shape index (κ2) is 4.36. The van der Waals surface area contributed by atoms with Crippen LogP contribution in [0.3, 0.4) is 0 Å². The van der Waals surface area contributed by atoms with Gasteiger partial charge in [0.1, 0.15) is 6.10 Å². The Morgan fingerprint density at radius 2 is 1.94 bits per heavy atom. The highest BCUT2D eigenvalue weighted by atomic mass is 16.5. The molecule has 3 heteroatoms. The number of hydrogen-bond acceptors (Lipinski definition) is 2. The molecule has 0 aromatic heterocycles. The van der Waals surface area contributed by atoms with Gasteiger partial charge in [0, 0.05) is 19.2 Å². The molecule has 2 heterocycles. The molecule has 3 unspecified atom stereocenters. The Labute approximate surface area is 97.1 Å². The topological polar surface area (TPSA) is 29.5 Å². The number of hydrogen-bond donors (Lipinski definition) is 0. The molecule has 0 bridgehead atoms. The third-order valence-corrected chi connectivity index (χ3v) is 4.50. The zero-order chi connectivity index (χ0) is 11.0. The Morgan fingerprint density at radius 3 is 2.75 bits per heavy atom. The first-order valence-corrected chi connectivity index (χ1v) is 6.78. The number of carbonyl (C=O) groups excluding carboxylic acids is 1. The van der Waals surface area contributed by atoms with E-state index in [1.54, 1.807) is 0 Å². The molecule has 1 aliphatic carbocycles. The molecule has 90 valence electrons. The van der Waals surface area contributed by atoms with Crippen LogP contribution in [-0.4, -0.2) is 36.1 Å². The number of nitrogens with zero attached hydrogens (tertiary/aromatic N) is 1. The number of fused-ring (bicyclic) bond motifs is 1. The Hall–Kier alpha value is -0.570. The van der Waals surface area contributed by atoms with Crippen LogP contribution in [0.5, 0.6) is 0 Å². The molecule has 0 aromatic carbocycles. The van der Waals surface area contributed by atoms with Gasteiger partial charge in [-0.3, -0.25) is 4.79 Å². The molecule has 2 aliphatic heterocycles. The van der Waals surface area contributed by atoms with Crippen molar-refractivity contribution < 1.29 is 9.53 Å². The summed E-state index contributed by atoms with van der Waals surface area (Å²) in [7, 11) is 0. The van der Waals surface area contributed by atoms with Gasteiger partial charge >= 0.3 is 0 Å². The molecule has 2 saturated heterocycles. The molecule has 0 N–H and O–H groups in total. The molecule has 3 aliphatic rings. The zero-order valence-electron chi connectivity index (χ0n) is 9.86. The van der Waals surface area contributed by atoms with Crippen molar-refractivity contribution in [3.8, 4) is 0 Å². The van der Waals surface area contributed by atoms with Crippen LogP contribution in [0, 0.1) is 5.92 Å². The summed E-state index contributed by atoms with van der Waals surface area (Å²) in [6, 6.07) is 0.547. The summed E-state index contributed by atoms with van der Waals surface area (Å²) in [5, 5.41) is 0. The van der Waals surface area contributed by atoms with Crippen molar-refractivity contribution in [2.45, 2.75) is 57.1 Å². The molecular formula is C13H21NO2. The largest absolute Gasteiger partial charge is 0.368 e. The third-order valence-electron chi connectivity index (χ3n) is 4.50. The van der Waals surface area contributed by atoms with Gasteiger partial charge in [0.25, 0.3) is 5.91 Å². The minimum Gasteiger partial charge on any atom is -0.368 e. The van der Waals surface area contributed by atoms with Crippen molar-refractivity contribution in [2.24, 2.45) is 5.92 Å². The molecule has 1 saturated carbocycles. The van der Waals surface area contributed by atoms with E-state index >= 15 is 0 Å². The summed E-state index contributed by atoms with van der Waals surface area (Å²) in [6.45, 7) is 1.76. The van der Waals surface area contributed by atoms with Crippen molar-refractivity contribution in [2.75, 3.05) is 13.2 Å². The van der Waals surface area contributed by atoms with Crippen LogP contribution >= 0.6 is 0 Å². The van der Waals surface area contributed by atoms with Crippen molar-refractivity contribution in [3.05, 3.63) is 0 Å². The van der Waals surface area contributed by atoms with Crippen molar-refractivity contribution in [1.29, 1.82) is 0 Å². The molecule has 3 nitrogen and oxygen atoms in total. The van der Waals surface area contributed by atoms with Gasteiger partial charge in [-0.2, -0.15) is 0 Å². The first-order valence-electron chi connectivity index (χ1n) is 6.78. The first-order chi connectivity index (χ1) is 7.86. The number of carbonyl (C=O) groups is 1. The van der Waals surface area contributed by atoms with E-state index < -0.39 is 0 Å². The van der Waals surface area contributed by atoms with Crippen molar-refractivity contribution in [3.63, 3.8) is 0 Å². The van der Waals surface area contributed by atoms with Gasteiger partial charge < -0.3 is 9.64 Å². The third kappa shape index (κ3) is 1.75. The SMILES string of the molecule is O=C(C1CCCO1)N1CCC2CCCCC21. The lowest BCUT2D eigenvalue weighted by Crippen LogP contribution is -2.44. The van der Waals surface area contributed by atoms with Crippen LogP contribution in [-0.2, 0) is 9.53 Å². The smallest absolute Gasteiger partial charge is 0.251 e. The van der Waals surface area contributed by atoms with E-state index in [9.17, 15) is 4.79 Å². The highest BCUT2D eigenvalue weighted by molar-refractivity contribution is 5.81. The Morgan fingerprint density at radius 1 is 1.06 bits per heavy atom. The maximum atomic E-state index is 12.3. The summed E-state index contributed by atoms with van der Waals surface area (Å²) in [6.07, 6.45) is 8.33. The number of likely N-dealkylation sites (tertiary alicyclic amines) is 1. The van der Waals surface area contributed by atoms with Crippen LogP contribution in [0.25, 0.3) is 0 Å². The lowest BCUT2D eigenvalue weighted by atomic mass is 9.85. The Balaban J connectivity index is 1.67. The minimum absolute atomic E-state index is 0.110. The molecular weight excluding hydrogens is 202 g/mol. The number of ether oxygens (including phenoxy) is 1. The number of amides is 1. The average Bonchev–Trinajstić information content (AvgIpc) is 2.98. The van der Waals surface area contributed by atoms with E-state index in [1.807, 2.05) is 0 Å². The monoisotopic (exact) mass is 223 g/mol. The zero-order valence-corrected chi connectivity index (χ0v) is 9.86. The summed E-state index contributed by atoms with van der Waals surface area (Å²) in [4.78, 5) is 14.4. The molecule has 16 heavy (non-hydrogen) atoms. The molecule has 1 amide bonds. The fourth-order valence-electron chi connectivity index (χ4n) is 3.64. The molecule has 3 fully saturated rings. The Bertz CT molecular complexity index is 273. The summed E-state index contributed by atoms with van der Waals surface area (Å²) in [5.74, 6) is 1.08. The second-order valence-corrected chi connectivity index (χ2v) is 5.43. The normalized spacial score (nSPS) is 38.8. The predicted molar refractivity (Wildman–Crippen MR) is 61.1 cm³/mol. The van der Waals surface area contributed by atoms with E-state index in [0.717, 1.165) is 31.9 Å². The first kappa shape index (κ1) is 10.6. The van der Waals surface area contributed by atoms with Crippen molar-refractivity contribution in [1.82, 2.24) is 4.90 Å². The fraction of sp³-hybridized carbons (Fsp3) is 0.923. The van der Waals surface area contributed by atoms with Gasteiger partial charge in [-0.25, -0.2) is 0 Å². The standard InChI is InChI=1S/C13H21NO2/c15-13(12-6-3-9-16-12)14-8-7-10-4-1-2-5-11(10)14/h10-12H,1-9H2. The summed E-state index contributed by atoms with van der Waals surface area (Å²) < 4.78 is 5.52. The Kier molecular flexibility index (Phi) is 2.88. The van der Waals surface area contributed by atoms with Gasteiger partial charge in [0.15, 0.2) is 0 Å². The molecule has 3 rings (SSSR count). The summed E-state index contributed by atoms with van der Waals surface area (Å²) >= 11 is 0. The highest BCUT2D eigenvalue weighted by Gasteiger charge is 2.40. The van der Waals surface area contributed by atoms with Crippen molar-refractivity contribution >= 4 is 5.91 Å². The highest BCUT2D eigenvalue weighted by Crippen LogP contribution is 2.37. The fourth-order valence-corrected chi connectivity index (χ4v) is 3.64. The lowest BCUT2D eigenvalue weighted by Gasteiger charge is -2.32. The summed E-state index contributed by atoms with van der Waals surface area (Å²) in [5.41, 5.74) is 0. The van der Waals surface area contributed by atoms with Gasteiger partial charge in [-0.1, -0.05) is 12.8 Å². The van der Waals surface area contributed by atoms with E-state index in [-0.39, 0.29) is 12.0 Å². The van der Waals surface area contributed by atoms with E-state index in [2.05, 4.69) is 4.90 Å². The van der Waals surface area contributed by atoms with E-state index in [0.29, 0.717) is 6.04 Å². The molecule has 0 spiro atoms. The van der Waals surface area contributed by atoms with Crippen LogP contribution in [0.1, 0.15) is 44.9 Å². The van der Waals surface area contributed by atoms with E-state index in [4.69, 9.17) is 4.74 Å².